The number of anilines is 3. The molecule has 3 atom stereocenters. The van der Waals surface area contributed by atoms with Crippen molar-refractivity contribution in [3.8, 4) is 11.1 Å². The van der Waals surface area contributed by atoms with Crippen LogP contribution >= 0.6 is 11.3 Å². The Bertz CT molecular complexity index is 3090. The highest BCUT2D eigenvalue weighted by molar-refractivity contribution is 7.13. The zero-order chi connectivity index (χ0) is 48.2. The molecule has 0 bridgehead atoms. The molecule has 70 heavy (non-hydrogen) atoms. The molecule has 6 aliphatic rings. The van der Waals surface area contributed by atoms with E-state index in [1.54, 1.807) is 62.2 Å². The van der Waals surface area contributed by atoms with Gasteiger partial charge in [0.2, 0.25) is 17.7 Å². The molecule has 3 aromatic carbocycles. The van der Waals surface area contributed by atoms with Gasteiger partial charge in [-0.25, -0.2) is 32.3 Å². The summed E-state index contributed by atoms with van der Waals surface area (Å²) in [5.74, 6) is -5.03. The lowest BCUT2D eigenvalue weighted by atomic mass is 9.72. The topological polar surface area (TPSA) is 157 Å². The molecule has 0 radical (unpaired) electrons. The molecule has 2 N–H and O–H groups in total. The van der Waals surface area contributed by atoms with E-state index in [1.807, 2.05) is 35.2 Å². The molecule has 4 fully saturated rings. The lowest BCUT2D eigenvalue weighted by Crippen LogP contribution is -2.73. The van der Waals surface area contributed by atoms with Crippen LogP contribution in [0, 0.1) is 11.2 Å². The Hall–Kier alpha value is -6.71. The fraction of sp³-hybridized carbons (Fsp3) is 0.408. The first-order valence-corrected chi connectivity index (χ1v) is 24.3. The van der Waals surface area contributed by atoms with Crippen molar-refractivity contribution in [2.45, 2.75) is 63.0 Å². The Kier molecular flexibility index (Phi) is 10.6. The molecule has 21 heteroatoms. The van der Waals surface area contributed by atoms with Gasteiger partial charge in [0.15, 0.2) is 10.9 Å². The Morgan fingerprint density at radius 3 is 2.54 bits per heavy atom. The highest BCUT2D eigenvalue weighted by atomic mass is 32.1. The SMILES string of the molecule is Cn1nc(N2CCC(=O)NC2=O)c2ccc(C3CCN(CC(=O)N4CC5(C4)CN(c4ccc(-c6cc(F)c7c(c6)CN(C(C(=O)Nc6nccs6)c6ncn8c6C[C@@H](F)C8)C7)cc4)C5)CC3(F)F)cc21. The molecule has 6 aliphatic heterocycles. The molecule has 1 spiro atoms. The highest BCUT2D eigenvalue weighted by Crippen LogP contribution is 2.45. The van der Waals surface area contributed by atoms with Crippen molar-refractivity contribution in [3.63, 3.8) is 0 Å². The summed E-state index contributed by atoms with van der Waals surface area (Å²) in [7, 11) is 1.69. The minimum Gasteiger partial charge on any atom is -0.370 e. The number of hydrogen-bond acceptors (Lipinski definition) is 11. The number of imide groups is 1. The average molecular weight is 977 g/mol. The van der Waals surface area contributed by atoms with Gasteiger partial charge in [-0.1, -0.05) is 18.2 Å². The third-order valence-electron chi connectivity index (χ3n) is 15.0. The molecule has 0 aliphatic carbocycles. The number of alkyl halides is 3. The Morgan fingerprint density at radius 2 is 1.79 bits per heavy atom. The van der Waals surface area contributed by atoms with Crippen molar-refractivity contribution in [2.24, 2.45) is 12.5 Å². The van der Waals surface area contributed by atoms with E-state index in [1.165, 1.54) is 22.3 Å². The first-order valence-electron chi connectivity index (χ1n) is 23.4. The lowest BCUT2D eigenvalue weighted by molar-refractivity contribution is -0.149. The van der Waals surface area contributed by atoms with Gasteiger partial charge in [0, 0.05) is 105 Å². The van der Waals surface area contributed by atoms with Crippen LogP contribution in [0.1, 0.15) is 52.9 Å². The zero-order valence-corrected chi connectivity index (χ0v) is 38.9. The molecule has 16 nitrogen and oxygen atoms in total. The van der Waals surface area contributed by atoms with Crippen molar-refractivity contribution in [1.29, 1.82) is 0 Å². The van der Waals surface area contributed by atoms with Gasteiger partial charge in [0.25, 0.3) is 5.92 Å². The number of nitrogens with zero attached hydrogens (tertiary/aromatic N) is 10. The van der Waals surface area contributed by atoms with E-state index in [9.17, 15) is 23.6 Å². The maximum atomic E-state index is 16.0. The number of imidazole rings is 1. The summed E-state index contributed by atoms with van der Waals surface area (Å²) in [5.41, 5.74) is 5.96. The number of aryl methyl sites for hydroxylation is 1. The van der Waals surface area contributed by atoms with E-state index in [0.717, 1.165) is 29.9 Å². The van der Waals surface area contributed by atoms with E-state index in [4.69, 9.17) is 0 Å². The summed E-state index contributed by atoms with van der Waals surface area (Å²) in [4.78, 5) is 69.0. The molecule has 3 aromatic heterocycles. The number of halogens is 4. The first kappa shape index (κ1) is 44.5. The van der Waals surface area contributed by atoms with Crippen LogP contribution in [0.2, 0.25) is 0 Å². The number of hydrogen-bond donors (Lipinski definition) is 2. The van der Waals surface area contributed by atoms with Crippen LogP contribution in [-0.4, -0.2) is 127 Å². The molecule has 0 saturated carbocycles. The number of thiazole rings is 1. The fourth-order valence-corrected chi connectivity index (χ4v) is 12.0. The van der Waals surface area contributed by atoms with Crippen molar-refractivity contribution >= 4 is 62.6 Å². The largest absolute Gasteiger partial charge is 0.370 e. The zero-order valence-electron chi connectivity index (χ0n) is 38.1. The predicted molar refractivity (Wildman–Crippen MR) is 252 cm³/mol. The van der Waals surface area contributed by atoms with Crippen LogP contribution < -0.4 is 20.4 Å². The fourth-order valence-electron chi connectivity index (χ4n) is 11.5. The average Bonchev–Trinajstić information content (AvgIpc) is 4.15. The van der Waals surface area contributed by atoms with Gasteiger partial charge in [0.05, 0.1) is 43.1 Å². The smallest absolute Gasteiger partial charge is 0.329 e. The normalized spacial score (nSPS) is 22.2. The van der Waals surface area contributed by atoms with E-state index in [2.05, 4.69) is 30.6 Å². The van der Waals surface area contributed by atoms with Crippen molar-refractivity contribution in [3.05, 3.63) is 106 Å². The molecule has 2 unspecified atom stereocenters. The number of benzene rings is 3. The Balaban J connectivity index is 0.644. The van der Waals surface area contributed by atoms with Crippen molar-refractivity contribution in [2.75, 3.05) is 67.5 Å². The van der Waals surface area contributed by atoms with Gasteiger partial charge < -0.3 is 19.7 Å². The summed E-state index contributed by atoms with van der Waals surface area (Å²) in [5, 5.41) is 12.5. The second kappa shape index (κ2) is 16.7. The second-order valence-corrected chi connectivity index (χ2v) is 20.6. The summed E-state index contributed by atoms with van der Waals surface area (Å²) < 4.78 is 65.5. The van der Waals surface area contributed by atoms with Crippen LogP contribution in [0.15, 0.2) is 72.5 Å². The highest BCUT2D eigenvalue weighted by Gasteiger charge is 2.54. The molecule has 9 heterocycles. The monoisotopic (exact) mass is 976 g/mol. The molecule has 4 saturated heterocycles. The Labute approximate surface area is 402 Å². The number of aromatic nitrogens is 5. The number of nitrogens with one attached hydrogen (secondary N) is 2. The standard InChI is InChI=1S/C49H48F4N12O4S/c1-59-38-16-29(4-7-34(38)44(58-59)65-12-9-40(66)56-47(65)69)36-8-11-60(26-49(36,52)53)21-41(67)64-24-48(25-64)22-63(23-48)33-5-2-28(3-6-33)30-14-31-18-61(20-35(31)37(51)15-30)43(45(68)57-46-54-10-13-70-46)42-39-17-32(50)19-62(39)27-55-42/h2-7,10,13-16,27,32,36,43H,8-9,11-12,17-26H2,1H3,(H,54,57,68)(H,56,66,69)/t32-,36?,43?/m1/s1. The van der Waals surface area contributed by atoms with Gasteiger partial charge >= 0.3 is 6.03 Å². The first-order chi connectivity index (χ1) is 33.7. The molecular weight excluding hydrogens is 929 g/mol. The number of carbonyl (C=O) groups excluding carboxylic acids is 4. The number of piperidine rings is 1. The summed E-state index contributed by atoms with van der Waals surface area (Å²) in [6, 6.07) is 15.0. The maximum Gasteiger partial charge on any atom is 0.329 e. The van der Waals surface area contributed by atoms with E-state index < -0.39 is 36.6 Å². The lowest BCUT2D eigenvalue weighted by Gasteiger charge is -2.61. The van der Waals surface area contributed by atoms with Crippen LogP contribution in [0.25, 0.3) is 22.0 Å². The van der Waals surface area contributed by atoms with Crippen LogP contribution in [0.5, 0.6) is 0 Å². The third kappa shape index (κ3) is 7.77. The molecule has 5 amide bonds. The quantitative estimate of drug-likeness (QED) is 0.160. The van der Waals surface area contributed by atoms with Crippen molar-refractivity contribution in [1.82, 2.24) is 44.3 Å². The summed E-state index contributed by atoms with van der Waals surface area (Å²) >= 11 is 1.29. The summed E-state index contributed by atoms with van der Waals surface area (Å²) in [6.07, 6.45) is 2.56. The number of carbonyl (C=O) groups is 4. The number of likely N-dealkylation sites (tertiary alicyclic amines) is 2. The maximum absolute atomic E-state index is 16.0. The number of amides is 5. The van der Waals surface area contributed by atoms with Gasteiger partial charge in [-0.3, -0.25) is 39.1 Å². The number of fused-ring (bicyclic) bond motifs is 3. The summed E-state index contributed by atoms with van der Waals surface area (Å²) in [6.45, 7) is 3.18. The van der Waals surface area contributed by atoms with E-state index >= 15 is 13.2 Å². The van der Waals surface area contributed by atoms with Crippen LogP contribution in [0.3, 0.4) is 0 Å². The predicted octanol–water partition coefficient (Wildman–Crippen LogP) is 5.84. The van der Waals surface area contributed by atoms with Gasteiger partial charge in [-0.2, -0.15) is 5.10 Å². The van der Waals surface area contributed by atoms with Gasteiger partial charge in [-0.05, 0) is 71.6 Å². The molecule has 12 rings (SSSR count). The second-order valence-electron chi connectivity index (χ2n) is 19.7. The van der Waals surface area contributed by atoms with Gasteiger partial charge in [0.1, 0.15) is 18.0 Å². The van der Waals surface area contributed by atoms with E-state index in [-0.39, 0.29) is 74.4 Å². The third-order valence-corrected chi connectivity index (χ3v) is 15.7. The molecule has 362 valence electrons. The van der Waals surface area contributed by atoms with Crippen LogP contribution in [-0.2, 0) is 47.5 Å². The Morgan fingerprint density at radius 1 is 0.971 bits per heavy atom. The minimum atomic E-state index is -3.09. The molecular formula is C49H48F4N12O4S. The van der Waals surface area contributed by atoms with Crippen LogP contribution in [0.4, 0.5) is 39.0 Å². The number of urea groups is 1. The molecule has 6 aromatic rings. The van der Waals surface area contributed by atoms with Gasteiger partial charge in [-0.15, -0.1) is 11.3 Å². The minimum absolute atomic E-state index is 0.0565. The van der Waals surface area contributed by atoms with Crippen molar-refractivity contribution < 1.29 is 36.7 Å². The number of rotatable bonds is 10. The van der Waals surface area contributed by atoms with E-state index in [0.29, 0.717) is 76.1 Å².